The Kier molecular flexibility index (Phi) is 6.71. The predicted octanol–water partition coefficient (Wildman–Crippen LogP) is 5.12. The zero-order valence-electron chi connectivity index (χ0n) is 16.1. The normalized spacial score (nSPS) is 10.7. The molecule has 0 saturated carbocycles. The summed E-state index contributed by atoms with van der Waals surface area (Å²) in [5, 5.41) is 8.25. The lowest BCUT2D eigenvalue weighted by molar-refractivity contribution is 0.0945. The van der Waals surface area contributed by atoms with E-state index in [1.807, 2.05) is 36.4 Å². The van der Waals surface area contributed by atoms with Gasteiger partial charge < -0.3 is 10.1 Å². The van der Waals surface area contributed by atoms with E-state index < -0.39 is 0 Å². The van der Waals surface area contributed by atoms with Crippen LogP contribution in [0.15, 0.2) is 54.6 Å². The molecule has 1 heterocycles. The summed E-state index contributed by atoms with van der Waals surface area (Å²) >= 11 is 6.15. The minimum atomic E-state index is -0.150. The van der Waals surface area contributed by atoms with Gasteiger partial charge in [0, 0.05) is 17.1 Å². The molecule has 0 fully saturated rings. The van der Waals surface area contributed by atoms with E-state index in [9.17, 15) is 4.79 Å². The SMILES string of the molecule is CCCCCNC(=O)c1cc(-c2ccc(OC)cc2)nn1-c1cccc(Cl)c1. The average molecular weight is 398 g/mol. The number of carbonyl (C=O) groups is 1. The second-order valence-electron chi connectivity index (χ2n) is 6.50. The highest BCUT2D eigenvalue weighted by atomic mass is 35.5. The highest BCUT2D eigenvalue weighted by molar-refractivity contribution is 6.30. The molecule has 28 heavy (non-hydrogen) atoms. The molecule has 1 N–H and O–H groups in total. The van der Waals surface area contributed by atoms with Crippen LogP contribution < -0.4 is 10.1 Å². The maximum Gasteiger partial charge on any atom is 0.270 e. The van der Waals surface area contributed by atoms with Gasteiger partial charge in [-0.1, -0.05) is 37.4 Å². The van der Waals surface area contributed by atoms with Crippen molar-refractivity contribution in [3.8, 4) is 22.7 Å². The fourth-order valence-corrected chi connectivity index (χ4v) is 3.10. The van der Waals surface area contributed by atoms with Crippen molar-refractivity contribution in [2.24, 2.45) is 0 Å². The van der Waals surface area contributed by atoms with Crippen LogP contribution in [0, 0.1) is 0 Å². The number of amides is 1. The molecule has 1 amide bonds. The van der Waals surface area contributed by atoms with Gasteiger partial charge in [-0.2, -0.15) is 5.10 Å². The first-order valence-electron chi connectivity index (χ1n) is 9.41. The Balaban J connectivity index is 1.95. The number of carbonyl (C=O) groups excluding carboxylic acids is 1. The lowest BCUT2D eigenvalue weighted by Gasteiger charge is -2.08. The number of rotatable bonds is 8. The number of benzene rings is 2. The van der Waals surface area contributed by atoms with Gasteiger partial charge in [-0.15, -0.1) is 0 Å². The molecule has 3 aromatic rings. The zero-order chi connectivity index (χ0) is 19.9. The Morgan fingerprint density at radius 3 is 2.61 bits per heavy atom. The number of ether oxygens (including phenoxy) is 1. The molecule has 0 saturated heterocycles. The van der Waals surface area contributed by atoms with Crippen molar-refractivity contribution in [3.05, 3.63) is 65.3 Å². The molecule has 0 radical (unpaired) electrons. The van der Waals surface area contributed by atoms with Crippen molar-refractivity contribution in [2.45, 2.75) is 26.2 Å². The van der Waals surface area contributed by atoms with E-state index in [2.05, 4.69) is 17.3 Å². The van der Waals surface area contributed by atoms with Crippen LogP contribution in [0.1, 0.15) is 36.7 Å². The molecule has 5 nitrogen and oxygen atoms in total. The summed E-state index contributed by atoms with van der Waals surface area (Å²) in [5.74, 6) is 0.621. The number of unbranched alkanes of at least 4 members (excludes halogenated alkanes) is 2. The van der Waals surface area contributed by atoms with Crippen LogP contribution in [0.4, 0.5) is 0 Å². The summed E-state index contributed by atoms with van der Waals surface area (Å²) in [4.78, 5) is 12.8. The van der Waals surface area contributed by atoms with E-state index >= 15 is 0 Å². The molecule has 0 aliphatic heterocycles. The average Bonchev–Trinajstić information content (AvgIpc) is 3.17. The van der Waals surface area contributed by atoms with Crippen LogP contribution in [0.3, 0.4) is 0 Å². The van der Waals surface area contributed by atoms with Gasteiger partial charge in [-0.25, -0.2) is 4.68 Å². The molecule has 0 bridgehead atoms. The van der Waals surface area contributed by atoms with Crippen molar-refractivity contribution in [2.75, 3.05) is 13.7 Å². The number of methoxy groups -OCH3 is 1. The first-order chi connectivity index (χ1) is 13.6. The maximum atomic E-state index is 12.8. The Bertz CT molecular complexity index is 935. The third kappa shape index (κ3) is 4.73. The third-order valence-electron chi connectivity index (χ3n) is 4.45. The highest BCUT2D eigenvalue weighted by Gasteiger charge is 2.17. The van der Waals surface area contributed by atoms with Crippen LogP contribution in [-0.2, 0) is 0 Å². The third-order valence-corrected chi connectivity index (χ3v) is 4.68. The fraction of sp³-hybridized carbons (Fsp3) is 0.273. The zero-order valence-corrected chi connectivity index (χ0v) is 16.9. The van der Waals surface area contributed by atoms with Gasteiger partial charge >= 0.3 is 0 Å². The van der Waals surface area contributed by atoms with Gasteiger partial charge in [0.15, 0.2) is 0 Å². The predicted molar refractivity (Wildman–Crippen MR) is 112 cm³/mol. The van der Waals surface area contributed by atoms with Crippen LogP contribution in [0.2, 0.25) is 5.02 Å². The summed E-state index contributed by atoms with van der Waals surface area (Å²) in [5.41, 5.74) is 2.83. The number of nitrogens with zero attached hydrogens (tertiary/aromatic N) is 2. The highest BCUT2D eigenvalue weighted by Crippen LogP contribution is 2.25. The molecular weight excluding hydrogens is 374 g/mol. The number of halogens is 1. The van der Waals surface area contributed by atoms with Crippen LogP contribution in [-0.4, -0.2) is 29.3 Å². The summed E-state index contributed by atoms with van der Waals surface area (Å²) < 4.78 is 6.85. The molecular formula is C22H24ClN3O2. The van der Waals surface area contributed by atoms with Crippen molar-refractivity contribution >= 4 is 17.5 Å². The smallest absolute Gasteiger partial charge is 0.270 e. The van der Waals surface area contributed by atoms with Gasteiger partial charge in [-0.05, 0) is 55.0 Å². The minimum Gasteiger partial charge on any atom is -0.497 e. The Hall–Kier alpha value is -2.79. The molecule has 0 spiro atoms. The van der Waals surface area contributed by atoms with E-state index in [0.29, 0.717) is 23.0 Å². The maximum absolute atomic E-state index is 12.8. The molecule has 0 atom stereocenters. The first kappa shape index (κ1) is 20.0. The monoisotopic (exact) mass is 397 g/mol. The molecule has 0 unspecified atom stereocenters. The molecule has 3 rings (SSSR count). The van der Waals surface area contributed by atoms with Crippen LogP contribution in [0.25, 0.3) is 16.9 Å². The lowest BCUT2D eigenvalue weighted by Crippen LogP contribution is -2.26. The fourth-order valence-electron chi connectivity index (χ4n) is 2.92. The second kappa shape index (κ2) is 9.42. The topological polar surface area (TPSA) is 56.1 Å². The van der Waals surface area contributed by atoms with Gasteiger partial charge in [0.1, 0.15) is 11.4 Å². The lowest BCUT2D eigenvalue weighted by atomic mass is 10.1. The van der Waals surface area contributed by atoms with Crippen molar-refractivity contribution in [1.82, 2.24) is 15.1 Å². The Morgan fingerprint density at radius 1 is 1.14 bits per heavy atom. The van der Waals surface area contributed by atoms with Crippen LogP contribution in [0.5, 0.6) is 5.75 Å². The molecule has 1 aromatic heterocycles. The Labute approximate surface area is 170 Å². The number of hydrogen-bond acceptors (Lipinski definition) is 3. The van der Waals surface area contributed by atoms with E-state index in [1.54, 1.807) is 30.0 Å². The number of hydrogen-bond donors (Lipinski definition) is 1. The largest absolute Gasteiger partial charge is 0.497 e. The molecule has 0 aliphatic rings. The Morgan fingerprint density at radius 2 is 1.93 bits per heavy atom. The molecule has 146 valence electrons. The summed E-state index contributed by atoms with van der Waals surface area (Å²) in [6.45, 7) is 2.78. The molecule has 0 aliphatic carbocycles. The summed E-state index contributed by atoms with van der Waals surface area (Å²) in [7, 11) is 1.63. The van der Waals surface area contributed by atoms with E-state index in [1.165, 1.54) is 0 Å². The minimum absolute atomic E-state index is 0.150. The van der Waals surface area contributed by atoms with E-state index in [-0.39, 0.29) is 5.91 Å². The van der Waals surface area contributed by atoms with E-state index in [0.717, 1.165) is 36.3 Å². The number of nitrogens with one attached hydrogen (secondary N) is 1. The van der Waals surface area contributed by atoms with Crippen LogP contribution >= 0.6 is 11.6 Å². The van der Waals surface area contributed by atoms with Gasteiger partial charge in [-0.3, -0.25) is 4.79 Å². The van der Waals surface area contributed by atoms with Gasteiger partial charge in [0.25, 0.3) is 5.91 Å². The van der Waals surface area contributed by atoms with Crippen molar-refractivity contribution in [3.63, 3.8) is 0 Å². The van der Waals surface area contributed by atoms with Gasteiger partial charge in [0.05, 0.1) is 18.5 Å². The quantitative estimate of drug-likeness (QED) is 0.536. The van der Waals surface area contributed by atoms with E-state index in [4.69, 9.17) is 16.3 Å². The van der Waals surface area contributed by atoms with Crippen molar-refractivity contribution < 1.29 is 9.53 Å². The standard InChI is InChI=1S/C22H24ClN3O2/c1-3-4-5-13-24-22(27)21-15-20(16-9-11-19(28-2)12-10-16)25-26(21)18-8-6-7-17(23)14-18/h6-12,14-15H,3-5,13H2,1-2H3,(H,24,27). The molecule has 6 heteroatoms. The first-order valence-corrected chi connectivity index (χ1v) is 9.79. The molecule has 2 aromatic carbocycles. The number of aromatic nitrogens is 2. The van der Waals surface area contributed by atoms with Gasteiger partial charge in [0.2, 0.25) is 0 Å². The second-order valence-corrected chi connectivity index (χ2v) is 6.93. The van der Waals surface area contributed by atoms with Crippen molar-refractivity contribution in [1.29, 1.82) is 0 Å². The summed E-state index contributed by atoms with van der Waals surface area (Å²) in [6.07, 6.45) is 3.15. The summed E-state index contributed by atoms with van der Waals surface area (Å²) in [6, 6.07) is 16.7.